The molecule has 0 heterocycles. The lowest BCUT2D eigenvalue weighted by atomic mass is 10.1. The van der Waals surface area contributed by atoms with E-state index < -0.39 is 54.8 Å². The molecule has 0 aliphatic heterocycles. The van der Waals surface area contributed by atoms with E-state index in [1.54, 1.807) is 0 Å². The molecule has 0 rings (SSSR count). The van der Waals surface area contributed by atoms with E-state index in [1.165, 1.54) is 0 Å². The van der Waals surface area contributed by atoms with E-state index in [9.17, 15) is 24.0 Å². The summed E-state index contributed by atoms with van der Waals surface area (Å²) in [5, 5.41) is 23.9. The Morgan fingerprint density at radius 3 is 2.07 bits per heavy atom. The fourth-order valence-corrected chi connectivity index (χ4v) is 1.98. The molecule has 0 saturated carbocycles. The minimum atomic E-state index is -1.25. The molecule has 3 amide bonds. The molecule has 0 aromatic heterocycles. The molecule has 12 heteroatoms. The number of hydrogen-bond donors (Lipinski definition) is 7. The molecule has 0 fully saturated rings. The number of unbranched alkanes of at least 4 members (excludes halogenated alkanes) is 1. The summed E-state index contributed by atoms with van der Waals surface area (Å²) >= 11 is 0. The van der Waals surface area contributed by atoms with Crippen LogP contribution in [0.3, 0.4) is 0 Å². The smallest absolute Gasteiger partial charge is 0.322 e. The van der Waals surface area contributed by atoms with Crippen LogP contribution in [0.5, 0.6) is 0 Å². The average Bonchev–Trinajstić information content (AvgIpc) is 2.60. The van der Waals surface area contributed by atoms with Crippen LogP contribution in [-0.2, 0) is 24.0 Å². The largest absolute Gasteiger partial charge is 0.481 e. The molecule has 0 saturated heterocycles. The number of carbonyl (C=O) groups is 5. The van der Waals surface area contributed by atoms with Crippen molar-refractivity contribution in [3.63, 3.8) is 0 Å². The van der Waals surface area contributed by atoms with Crippen LogP contribution >= 0.6 is 0 Å². The number of carboxylic acid groups (broad SMARTS) is 2. The molecule has 0 aromatic rings. The molecule has 154 valence electrons. The number of hydrogen-bond acceptors (Lipinski definition) is 7. The topological polar surface area (TPSA) is 214 Å². The molecule has 2 unspecified atom stereocenters. The predicted molar refractivity (Wildman–Crippen MR) is 93.3 cm³/mol. The SMILES string of the molecule is NCCCCC(N)C(=O)NC(CCC(=O)O)C(=O)NCC(=O)NCC(=O)O. The minimum Gasteiger partial charge on any atom is -0.481 e. The summed E-state index contributed by atoms with van der Waals surface area (Å²) < 4.78 is 0. The number of carbonyl (C=O) groups excluding carboxylic acids is 3. The van der Waals surface area contributed by atoms with Gasteiger partial charge in [-0.25, -0.2) is 0 Å². The molecule has 0 spiro atoms. The van der Waals surface area contributed by atoms with Gasteiger partial charge in [-0.2, -0.15) is 0 Å². The van der Waals surface area contributed by atoms with Crippen LogP contribution in [0.15, 0.2) is 0 Å². The van der Waals surface area contributed by atoms with Gasteiger partial charge in [0.1, 0.15) is 12.6 Å². The van der Waals surface area contributed by atoms with E-state index in [0.717, 1.165) is 0 Å². The first-order chi connectivity index (χ1) is 12.7. The van der Waals surface area contributed by atoms with Gasteiger partial charge >= 0.3 is 11.9 Å². The van der Waals surface area contributed by atoms with Gasteiger partial charge in [-0.15, -0.1) is 0 Å². The number of rotatable bonds is 14. The van der Waals surface area contributed by atoms with Crippen molar-refractivity contribution in [2.45, 2.75) is 44.2 Å². The average molecular weight is 389 g/mol. The lowest BCUT2D eigenvalue weighted by Gasteiger charge is -2.20. The molecule has 9 N–H and O–H groups in total. The van der Waals surface area contributed by atoms with Crippen LogP contribution in [0.4, 0.5) is 0 Å². The fourth-order valence-electron chi connectivity index (χ4n) is 1.98. The van der Waals surface area contributed by atoms with Crippen molar-refractivity contribution in [2.75, 3.05) is 19.6 Å². The first-order valence-electron chi connectivity index (χ1n) is 8.41. The third-order valence-electron chi connectivity index (χ3n) is 3.45. The number of aliphatic carboxylic acids is 2. The highest BCUT2D eigenvalue weighted by atomic mass is 16.4. The summed E-state index contributed by atoms with van der Waals surface area (Å²) in [7, 11) is 0. The standard InChI is InChI=1S/C15H27N5O7/c16-6-2-1-3-9(17)14(26)20-10(4-5-12(22)23)15(27)19-7-11(21)18-8-13(24)25/h9-10H,1-8,16-17H2,(H,18,21)(H,19,27)(H,20,26)(H,22,23)(H,24,25). The van der Waals surface area contributed by atoms with Crippen molar-refractivity contribution in [2.24, 2.45) is 11.5 Å². The minimum absolute atomic E-state index is 0.195. The summed E-state index contributed by atoms with van der Waals surface area (Å²) in [6, 6.07) is -2.07. The van der Waals surface area contributed by atoms with Crippen molar-refractivity contribution in [3.8, 4) is 0 Å². The Kier molecular flexibility index (Phi) is 12.1. The Hall–Kier alpha value is -2.73. The molecule has 0 aliphatic carbocycles. The van der Waals surface area contributed by atoms with E-state index >= 15 is 0 Å². The van der Waals surface area contributed by atoms with E-state index in [0.29, 0.717) is 25.8 Å². The van der Waals surface area contributed by atoms with Crippen molar-refractivity contribution >= 4 is 29.7 Å². The van der Waals surface area contributed by atoms with Gasteiger partial charge in [-0.1, -0.05) is 6.42 Å². The number of amides is 3. The van der Waals surface area contributed by atoms with Crippen molar-refractivity contribution in [1.29, 1.82) is 0 Å². The van der Waals surface area contributed by atoms with Crippen LogP contribution in [0.1, 0.15) is 32.1 Å². The third-order valence-corrected chi connectivity index (χ3v) is 3.45. The van der Waals surface area contributed by atoms with Gasteiger partial charge in [0.2, 0.25) is 17.7 Å². The maximum absolute atomic E-state index is 12.1. The molecular weight excluding hydrogens is 362 g/mol. The van der Waals surface area contributed by atoms with Crippen molar-refractivity contribution < 1.29 is 34.2 Å². The van der Waals surface area contributed by atoms with Gasteiger partial charge < -0.3 is 37.6 Å². The van der Waals surface area contributed by atoms with E-state index in [4.69, 9.17) is 21.7 Å². The Morgan fingerprint density at radius 1 is 0.852 bits per heavy atom. The van der Waals surface area contributed by atoms with Gasteiger partial charge in [0.15, 0.2) is 0 Å². The van der Waals surface area contributed by atoms with Crippen LogP contribution in [0.25, 0.3) is 0 Å². The number of nitrogens with one attached hydrogen (secondary N) is 3. The lowest BCUT2D eigenvalue weighted by Crippen LogP contribution is -2.53. The van der Waals surface area contributed by atoms with Crippen LogP contribution in [-0.4, -0.2) is 71.6 Å². The van der Waals surface area contributed by atoms with Crippen molar-refractivity contribution in [3.05, 3.63) is 0 Å². The monoisotopic (exact) mass is 389 g/mol. The third kappa shape index (κ3) is 12.3. The summed E-state index contributed by atoms with van der Waals surface area (Å²) in [6.45, 7) is -0.665. The zero-order valence-corrected chi connectivity index (χ0v) is 14.9. The fraction of sp³-hybridized carbons (Fsp3) is 0.667. The molecule has 27 heavy (non-hydrogen) atoms. The summed E-state index contributed by atoms with van der Waals surface area (Å²) in [4.78, 5) is 56.7. The highest BCUT2D eigenvalue weighted by Gasteiger charge is 2.24. The van der Waals surface area contributed by atoms with E-state index in [2.05, 4.69) is 10.6 Å². The van der Waals surface area contributed by atoms with Crippen LogP contribution in [0, 0.1) is 0 Å². The Balaban J connectivity index is 4.65. The maximum Gasteiger partial charge on any atom is 0.322 e. The van der Waals surface area contributed by atoms with E-state index in [1.807, 2.05) is 5.32 Å². The zero-order chi connectivity index (χ0) is 20.8. The van der Waals surface area contributed by atoms with Crippen LogP contribution in [0.2, 0.25) is 0 Å². The molecule has 0 aromatic carbocycles. The number of nitrogens with two attached hydrogens (primary N) is 2. The zero-order valence-electron chi connectivity index (χ0n) is 14.9. The Labute approximate surface area is 156 Å². The second-order valence-electron chi connectivity index (χ2n) is 5.77. The first kappa shape index (κ1) is 24.3. The predicted octanol–water partition coefficient (Wildman–Crippen LogP) is -2.89. The normalized spacial score (nSPS) is 12.5. The maximum atomic E-state index is 12.1. The summed E-state index contributed by atoms with van der Waals surface area (Å²) in [6.07, 6.45) is 1.09. The van der Waals surface area contributed by atoms with E-state index in [-0.39, 0.29) is 12.8 Å². The molecule has 12 nitrogen and oxygen atoms in total. The number of carboxylic acids is 2. The van der Waals surface area contributed by atoms with Gasteiger partial charge in [0.05, 0.1) is 12.6 Å². The van der Waals surface area contributed by atoms with Gasteiger partial charge in [-0.05, 0) is 25.8 Å². The highest BCUT2D eigenvalue weighted by Crippen LogP contribution is 2.02. The second-order valence-corrected chi connectivity index (χ2v) is 5.77. The first-order valence-corrected chi connectivity index (χ1v) is 8.41. The van der Waals surface area contributed by atoms with Gasteiger partial charge in [0, 0.05) is 6.42 Å². The molecular formula is C15H27N5O7. The van der Waals surface area contributed by atoms with Gasteiger partial charge in [-0.3, -0.25) is 24.0 Å². The Morgan fingerprint density at radius 2 is 1.52 bits per heavy atom. The van der Waals surface area contributed by atoms with Gasteiger partial charge in [0.25, 0.3) is 0 Å². The second kappa shape index (κ2) is 13.5. The molecule has 0 aliphatic rings. The Bertz CT molecular complexity index is 541. The lowest BCUT2D eigenvalue weighted by molar-refractivity contribution is -0.138. The van der Waals surface area contributed by atoms with Crippen molar-refractivity contribution in [1.82, 2.24) is 16.0 Å². The summed E-state index contributed by atoms with van der Waals surface area (Å²) in [5.41, 5.74) is 11.1. The van der Waals surface area contributed by atoms with Crippen LogP contribution < -0.4 is 27.4 Å². The molecule has 2 atom stereocenters. The highest BCUT2D eigenvalue weighted by molar-refractivity contribution is 5.92. The molecule has 0 bridgehead atoms. The molecule has 0 radical (unpaired) electrons. The summed E-state index contributed by atoms with van der Waals surface area (Å²) in [5.74, 6) is -4.54. The quantitative estimate of drug-likeness (QED) is 0.152.